The van der Waals surface area contributed by atoms with Crippen molar-refractivity contribution >= 4 is 6.08 Å². The number of hydrogen-bond donors (Lipinski definition) is 2. The molecule has 0 aromatic heterocycles. The molecule has 0 heterocycles. The molecule has 2 N–H and O–H groups in total. The van der Waals surface area contributed by atoms with Gasteiger partial charge >= 0.3 is 0 Å². The monoisotopic (exact) mass is 253 g/mol. The maximum atomic E-state index is 9.41. The van der Waals surface area contributed by atoms with Crippen LogP contribution < -0.4 is 5.32 Å². The van der Waals surface area contributed by atoms with Crippen molar-refractivity contribution in [3.8, 4) is 0 Å². The highest BCUT2D eigenvalue weighted by molar-refractivity contribution is 5.48. The van der Waals surface area contributed by atoms with Crippen LogP contribution in [-0.4, -0.2) is 18.3 Å². The summed E-state index contributed by atoms with van der Waals surface area (Å²) in [4.78, 5) is 0. The Bertz CT molecular complexity index is 493. The van der Waals surface area contributed by atoms with E-state index in [-0.39, 0.29) is 12.6 Å². The van der Waals surface area contributed by atoms with Gasteiger partial charge in [0.2, 0.25) is 0 Å². The Balaban J connectivity index is 1.86. The fourth-order valence-corrected chi connectivity index (χ4v) is 1.94. The quantitative estimate of drug-likeness (QED) is 0.829. The number of rotatable bonds is 6. The van der Waals surface area contributed by atoms with Crippen molar-refractivity contribution in [2.45, 2.75) is 6.04 Å². The van der Waals surface area contributed by atoms with E-state index < -0.39 is 0 Å². The summed E-state index contributed by atoms with van der Waals surface area (Å²) in [5, 5.41) is 12.7. The molecule has 0 bridgehead atoms. The highest BCUT2D eigenvalue weighted by Crippen LogP contribution is 2.11. The van der Waals surface area contributed by atoms with Gasteiger partial charge in [-0.15, -0.1) is 0 Å². The van der Waals surface area contributed by atoms with Gasteiger partial charge in [-0.2, -0.15) is 0 Å². The molecule has 98 valence electrons. The fourth-order valence-electron chi connectivity index (χ4n) is 1.94. The van der Waals surface area contributed by atoms with Crippen molar-refractivity contribution in [3.05, 3.63) is 77.9 Å². The summed E-state index contributed by atoms with van der Waals surface area (Å²) in [6.07, 6.45) is 4.15. The first-order valence-corrected chi connectivity index (χ1v) is 6.51. The van der Waals surface area contributed by atoms with E-state index in [0.717, 1.165) is 12.1 Å². The van der Waals surface area contributed by atoms with Crippen LogP contribution in [0.15, 0.2) is 66.7 Å². The standard InChI is InChI=1S/C17H19NO/c19-14-17(16-11-5-2-6-12-16)18-13-7-10-15-8-3-1-4-9-15/h1-12,17-19H,13-14H2. The molecular formula is C17H19NO. The summed E-state index contributed by atoms with van der Waals surface area (Å²) in [5.74, 6) is 0. The number of hydrogen-bond acceptors (Lipinski definition) is 2. The first kappa shape index (κ1) is 13.5. The predicted octanol–water partition coefficient (Wildman–Crippen LogP) is 3.02. The molecule has 1 unspecified atom stereocenters. The largest absolute Gasteiger partial charge is 0.394 e. The molecule has 2 nitrogen and oxygen atoms in total. The molecule has 1 atom stereocenters. The molecule has 0 saturated carbocycles. The van der Waals surface area contributed by atoms with Crippen LogP contribution in [0.2, 0.25) is 0 Å². The minimum atomic E-state index is -0.0124. The maximum Gasteiger partial charge on any atom is 0.0626 e. The minimum Gasteiger partial charge on any atom is -0.394 e. The zero-order valence-electron chi connectivity index (χ0n) is 10.9. The number of benzene rings is 2. The lowest BCUT2D eigenvalue weighted by atomic mass is 10.1. The molecule has 0 aliphatic heterocycles. The van der Waals surface area contributed by atoms with Crippen LogP contribution in [0.5, 0.6) is 0 Å². The van der Waals surface area contributed by atoms with E-state index in [1.807, 2.05) is 48.5 Å². The van der Waals surface area contributed by atoms with E-state index in [4.69, 9.17) is 0 Å². The van der Waals surface area contributed by atoms with Gasteiger partial charge in [-0.25, -0.2) is 0 Å². The van der Waals surface area contributed by atoms with Gasteiger partial charge in [0.05, 0.1) is 12.6 Å². The van der Waals surface area contributed by atoms with Crippen molar-refractivity contribution < 1.29 is 5.11 Å². The molecule has 2 aromatic rings. The molecule has 0 amide bonds. The molecule has 0 fully saturated rings. The molecular weight excluding hydrogens is 234 g/mol. The maximum absolute atomic E-state index is 9.41. The third kappa shape index (κ3) is 4.36. The first-order chi connectivity index (χ1) is 9.40. The molecule has 0 aliphatic rings. The van der Waals surface area contributed by atoms with E-state index in [1.165, 1.54) is 5.56 Å². The van der Waals surface area contributed by atoms with E-state index in [1.54, 1.807) is 0 Å². The van der Waals surface area contributed by atoms with E-state index >= 15 is 0 Å². The second-order valence-corrected chi connectivity index (χ2v) is 4.37. The Morgan fingerprint density at radius 1 is 0.947 bits per heavy atom. The van der Waals surface area contributed by atoms with Crippen LogP contribution in [0.1, 0.15) is 17.2 Å². The Hall–Kier alpha value is -1.90. The van der Waals surface area contributed by atoms with Crippen molar-refractivity contribution in [3.63, 3.8) is 0 Å². The molecule has 2 rings (SSSR count). The minimum absolute atomic E-state index is 0.0124. The smallest absolute Gasteiger partial charge is 0.0626 e. The Kier molecular flexibility index (Phi) is 5.35. The van der Waals surface area contributed by atoms with Gasteiger partial charge in [-0.1, -0.05) is 72.8 Å². The summed E-state index contributed by atoms with van der Waals surface area (Å²) in [6, 6.07) is 20.2. The van der Waals surface area contributed by atoms with Gasteiger partial charge in [-0.3, -0.25) is 0 Å². The number of nitrogens with one attached hydrogen (secondary N) is 1. The Labute approximate surface area is 114 Å². The fraction of sp³-hybridized carbons (Fsp3) is 0.176. The highest BCUT2D eigenvalue weighted by Gasteiger charge is 2.06. The SMILES string of the molecule is OCC(NCC=Cc1ccccc1)c1ccccc1. The Morgan fingerprint density at radius 2 is 1.58 bits per heavy atom. The number of aliphatic hydroxyl groups excluding tert-OH is 1. The predicted molar refractivity (Wildman–Crippen MR) is 79.7 cm³/mol. The second-order valence-electron chi connectivity index (χ2n) is 4.37. The van der Waals surface area contributed by atoms with Gasteiger partial charge in [0.25, 0.3) is 0 Å². The third-order valence-corrected chi connectivity index (χ3v) is 2.98. The summed E-state index contributed by atoms with van der Waals surface area (Å²) in [7, 11) is 0. The summed E-state index contributed by atoms with van der Waals surface area (Å²) < 4.78 is 0. The van der Waals surface area contributed by atoms with Gasteiger partial charge in [-0.05, 0) is 11.1 Å². The lowest BCUT2D eigenvalue weighted by Gasteiger charge is -2.15. The van der Waals surface area contributed by atoms with Crippen LogP contribution >= 0.6 is 0 Å². The molecule has 19 heavy (non-hydrogen) atoms. The molecule has 0 saturated heterocycles. The van der Waals surface area contributed by atoms with Crippen LogP contribution in [0, 0.1) is 0 Å². The van der Waals surface area contributed by atoms with Crippen molar-refractivity contribution in [1.82, 2.24) is 5.32 Å². The van der Waals surface area contributed by atoms with Crippen LogP contribution in [0.25, 0.3) is 6.08 Å². The zero-order valence-corrected chi connectivity index (χ0v) is 10.9. The second kappa shape index (κ2) is 7.52. The van der Waals surface area contributed by atoms with E-state index in [0.29, 0.717) is 0 Å². The zero-order chi connectivity index (χ0) is 13.3. The lowest BCUT2D eigenvalue weighted by molar-refractivity contribution is 0.248. The number of aliphatic hydroxyl groups is 1. The molecule has 0 aliphatic carbocycles. The molecule has 0 spiro atoms. The third-order valence-electron chi connectivity index (χ3n) is 2.98. The normalized spacial score (nSPS) is 12.7. The van der Waals surface area contributed by atoms with Crippen LogP contribution in [-0.2, 0) is 0 Å². The van der Waals surface area contributed by atoms with Crippen molar-refractivity contribution in [1.29, 1.82) is 0 Å². The van der Waals surface area contributed by atoms with Gasteiger partial charge in [0.1, 0.15) is 0 Å². The lowest BCUT2D eigenvalue weighted by Crippen LogP contribution is -2.24. The average Bonchev–Trinajstić information content (AvgIpc) is 2.49. The van der Waals surface area contributed by atoms with Crippen LogP contribution in [0.4, 0.5) is 0 Å². The first-order valence-electron chi connectivity index (χ1n) is 6.51. The molecule has 0 radical (unpaired) electrons. The van der Waals surface area contributed by atoms with Crippen molar-refractivity contribution in [2.75, 3.05) is 13.2 Å². The summed E-state index contributed by atoms with van der Waals surface area (Å²) >= 11 is 0. The van der Waals surface area contributed by atoms with Gasteiger partial charge < -0.3 is 10.4 Å². The summed E-state index contributed by atoms with van der Waals surface area (Å²) in [5.41, 5.74) is 2.29. The van der Waals surface area contributed by atoms with Crippen LogP contribution in [0.3, 0.4) is 0 Å². The molecule has 2 heteroatoms. The topological polar surface area (TPSA) is 32.3 Å². The van der Waals surface area contributed by atoms with Gasteiger partial charge in [0, 0.05) is 6.54 Å². The summed E-state index contributed by atoms with van der Waals surface area (Å²) in [6.45, 7) is 0.832. The van der Waals surface area contributed by atoms with Gasteiger partial charge in [0.15, 0.2) is 0 Å². The average molecular weight is 253 g/mol. The molecule has 2 aromatic carbocycles. The van der Waals surface area contributed by atoms with E-state index in [9.17, 15) is 5.11 Å². The van der Waals surface area contributed by atoms with Crippen molar-refractivity contribution in [2.24, 2.45) is 0 Å². The Morgan fingerprint density at radius 3 is 2.21 bits per heavy atom. The van der Waals surface area contributed by atoms with E-state index in [2.05, 4.69) is 29.6 Å². The highest BCUT2D eigenvalue weighted by atomic mass is 16.3.